The van der Waals surface area contributed by atoms with Crippen molar-refractivity contribution in [2.75, 3.05) is 13.2 Å². The first kappa shape index (κ1) is 73.3. The average molecular weight is 1070 g/mol. The molecule has 0 amide bonds. The van der Waals surface area contributed by atoms with Gasteiger partial charge in [-0.05, 0) is 122 Å². The predicted octanol–water partition coefficient (Wildman–Crippen LogP) is 22.4. The minimum atomic E-state index is -0.796. The summed E-state index contributed by atoms with van der Waals surface area (Å²) in [5, 5.41) is 0. The van der Waals surface area contributed by atoms with Crippen LogP contribution in [0.25, 0.3) is 0 Å². The zero-order chi connectivity index (χ0) is 55.7. The van der Waals surface area contributed by atoms with Crippen LogP contribution in [0.5, 0.6) is 0 Å². The summed E-state index contributed by atoms with van der Waals surface area (Å²) in [7, 11) is 0. The van der Waals surface area contributed by atoms with E-state index >= 15 is 0 Å². The molecule has 0 heterocycles. The minimum Gasteiger partial charge on any atom is -0.462 e. The van der Waals surface area contributed by atoms with Gasteiger partial charge in [0.15, 0.2) is 6.10 Å². The van der Waals surface area contributed by atoms with Crippen molar-refractivity contribution in [3.63, 3.8) is 0 Å². The Hall–Kier alpha value is -3.67. The summed E-state index contributed by atoms with van der Waals surface area (Å²) in [6, 6.07) is 0. The van der Waals surface area contributed by atoms with Gasteiger partial charge in [0.2, 0.25) is 0 Å². The molecular weight excluding hydrogens is 949 g/mol. The number of allylic oxidation sites excluding steroid dienone is 16. The van der Waals surface area contributed by atoms with Crippen molar-refractivity contribution in [1.82, 2.24) is 0 Å². The zero-order valence-corrected chi connectivity index (χ0v) is 50.7. The molecule has 77 heavy (non-hydrogen) atoms. The van der Waals surface area contributed by atoms with Gasteiger partial charge in [0.05, 0.1) is 0 Å². The summed E-state index contributed by atoms with van der Waals surface area (Å²) < 4.78 is 16.9. The van der Waals surface area contributed by atoms with Gasteiger partial charge in [0, 0.05) is 19.3 Å². The van der Waals surface area contributed by atoms with Crippen molar-refractivity contribution >= 4 is 17.9 Å². The smallest absolute Gasteiger partial charge is 0.306 e. The standard InChI is InChI=1S/C71H122O6/c1-4-7-10-13-16-19-22-25-28-31-34-35-38-40-43-46-49-52-55-58-61-64-70(73)76-67-68(77-71(74)65-62-59-56-53-50-47-44-41-37-33-30-27-24-21-18-15-12-9-6-3)66-75-69(72)63-60-57-54-51-48-45-42-39-36-32-29-26-23-20-17-14-11-8-5-2/h8,11,17-18,20-21,25-30,36,39,45,48,68H,4-7,9-10,12-16,19,22-24,31-35,37-38,40-44,46-47,49-67H2,1-3H3/b11-8-,20-17-,21-18-,28-25-,29-26-,30-27-,39-36-,48-45-/t68-/m1/s1. The van der Waals surface area contributed by atoms with Gasteiger partial charge in [0.25, 0.3) is 0 Å². The van der Waals surface area contributed by atoms with Gasteiger partial charge in [-0.2, -0.15) is 0 Å². The van der Waals surface area contributed by atoms with E-state index in [1.165, 1.54) is 173 Å². The molecule has 0 aromatic heterocycles. The lowest BCUT2D eigenvalue weighted by molar-refractivity contribution is -0.167. The van der Waals surface area contributed by atoms with Crippen LogP contribution in [-0.2, 0) is 28.6 Å². The van der Waals surface area contributed by atoms with Crippen molar-refractivity contribution in [1.29, 1.82) is 0 Å². The average Bonchev–Trinajstić information content (AvgIpc) is 3.43. The molecule has 0 saturated heterocycles. The van der Waals surface area contributed by atoms with E-state index in [2.05, 4.69) is 118 Å². The fraction of sp³-hybridized carbons (Fsp3) is 0.732. The van der Waals surface area contributed by atoms with Crippen molar-refractivity contribution < 1.29 is 28.6 Å². The molecule has 0 N–H and O–H groups in total. The molecule has 0 fully saturated rings. The molecule has 1 atom stereocenters. The first-order valence-corrected chi connectivity index (χ1v) is 32.7. The second-order valence-electron chi connectivity index (χ2n) is 21.6. The maximum absolute atomic E-state index is 12.9. The molecule has 0 aromatic carbocycles. The molecule has 6 nitrogen and oxygen atoms in total. The number of ether oxygens (including phenoxy) is 3. The zero-order valence-electron chi connectivity index (χ0n) is 50.7. The summed E-state index contributed by atoms with van der Waals surface area (Å²) in [6.45, 7) is 6.50. The first-order valence-electron chi connectivity index (χ1n) is 32.7. The molecule has 0 spiro atoms. The van der Waals surface area contributed by atoms with Gasteiger partial charge in [-0.1, -0.05) is 272 Å². The Morgan fingerprint density at radius 1 is 0.273 bits per heavy atom. The van der Waals surface area contributed by atoms with Crippen LogP contribution in [0.1, 0.15) is 316 Å². The Labute approximate surface area is 477 Å². The summed E-state index contributed by atoms with van der Waals surface area (Å²) in [5.74, 6) is -0.916. The van der Waals surface area contributed by atoms with Crippen LogP contribution in [0, 0.1) is 0 Å². The summed E-state index contributed by atoms with van der Waals surface area (Å²) in [4.78, 5) is 38.4. The highest BCUT2D eigenvalue weighted by Crippen LogP contribution is 2.16. The quantitative estimate of drug-likeness (QED) is 0.0261. The van der Waals surface area contributed by atoms with E-state index < -0.39 is 6.10 Å². The third-order valence-electron chi connectivity index (χ3n) is 14.0. The lowest BCUT2D eigenvalue weighted by atomic mass is 10.0. The maximum atomic E-state index is 12.9. The number of esters is 3. The second kappa shape index (κ2) is 64.9. The molecule has 0 aliphatic carbocycles. The largest absolute Gasteiger partial charge is 0.462 e. The number of unbranched alkanes of at least 4 members (excludes halogenated alkanes) is 32. The Morgan fingerprint density at radius 2 is 0.506 bits per heavy atom. The fourth-order valence-corrected chi connectivity index (χ4v) is 9.14. The van der Waals surface area contributed by atoms with Gasteiger partial charge in [-0.15, -0.1) is 0 Å². The fourth-order valence-electron chi connectivity index (χ4n) is 9.14. The van der Waals surface area contributed by atoms with Crippen LogP contribution in [0.2, 0.25) is 0 Å². The minimum absolute atomic E-state index is 0.0894. The maximum Gasteiger partial charge on any atom is 0.306 e. The molecule has 6 heteroatoms. The second-order valence-corrected chi connectivity index (χ2v) is 21.6. The van der Waals surface area contributed by atoms with Gasteiger partial charge in [-0.25, -0.2) is 0 Å². The molecule has 0 rings (SSSR count). The molecule has 0 aliphatic heterocycles. The van der Waals surface area contributed by atoms with Crippen LogP contribution in [0.4, 0.5) is 0 Å². The molecule has 442 valence electrons. The Bertz CT molecular complexity index is 1510. The van der Waals surface area contributed by atoms with Gasteiger partial charge >= 0.3 is 17.9 Å². The van der Waals surface area contributed by atoms with E-state index in [4.69, 9.17) is 14.2 Å². The van der Waals surface area contributed by atoms with Crippen LogP contribution >= 0.6 is 0 Å². The lowest BCUT2D eigenvalue weighted by Crippen LogP contribution is -2.30. The molecule has 0 aliphatic rings. The molecule has 0 unspecified atom stereocenters. The van der Waals surface area contributed by atoms with Crippen LogP contribution < -0.4 is 0 Å². The Kier molecular flexibility index (Phi) is 61.8. The van der Waals surface area contributed by atoms with Crippen LogP contribution in [0.15, 0.2) is 97.2 Å². The molecule has 0 bridgehead atoms. The summed E-state index contributed by atoms with van der Waals surface area (Å²) >= 11 is 0. The van der Waals surface area contributed by atoms with Crippen molar-refractivity contribution in [3.05, 3.63) is 97.2 Å². The van der Waals surface area contributed by atoms with E-state index in [1.54, 1.807) is 0 Å². The first-order chi connectivity index (χ1) is 38.0. The third-order valence-corrected chi connectivity index (χ3v) is 14.0. The Balaban J connectivity index is 4.43. The number of carbonyl (C=O) groups is 3. The van der Waals surface area contributed by atoms with E-state index in [0.29, 0.717) is 19.3 Å². The summed E-state index contributed by atoms with van der Waals surface area (Å²) in [5.41, 5.74) is 0. The van der Waals surface area contributed by atoms with Crippen LogP contribution in [0.3, 0.4) is 0 Å². The lowest BCUT2D eigenvalue weighted by Gasteiger charge is -2.18. The van der Waals surface area contributed by atoms with Gasteiger partial charge in [0.1, 0.15) is 13.2 Å². The van der Waals surface area contributed by atoms with Gasteiger partial charge < -0.3 is 14.2 Å². The van der Waals surface area contributed by atoms with E-state index in [9.17, 15) is 14.4 Å². The van der Waals surface area contributed by atoms with E-state index in [0.717, 1.165) is 103 Å². The summed E-state index contributed by atoms with van der Waals surface area (Å²) in [6.07, 6.45) is 86.9. The topological polar surface area (TPSA) is 78.9 Å². The number of rotatable bonds is 59. The van der Waals surface area contributed by atoms with Crippen molar-refractivity contribution in [3.8, 4) is 0 Å². The normalized spacial score (nSPS) is 12.7. The SMILES string of the molecule is CC/C=C\C/C=C\C/C=C\C/C=C\C/C=C\CCCCCC(=O)OC[C@H](COC(=O)CCCCCCCCCCCCC/C=C\CCCCCCCC)OC(=O)CCCCCCCCCCC/C=C\C/C=C\CCCCC. The predicted molar refractivity (Wildman–Crippen MR) is 334 cm³/mol. The van der Waals surface area contributed by atoms with Crippen molar-refractivity contribution in [2.24, 2.45) is 0 Å². The highest BCUT2D eigenvalue weighted by atomic mass is 16.6. The highest BCUT2D eigenvalue weighted by molar-refractivity contribution is 5.71. The molecule has 0 aromatic rings. The van der Waals surface area contributed by atoms with E-state index in [-0.39, 0.29) is 31.1 Å². The van der Waals surface area contributed by atoms with Gasteiger partial charge in [-0.3, -0.25) is 14.4 Å². The van der Waals surface area contributed by atoms with Crippen molar-refractivity contribution in [2.45, 2.75) is 322 Å². The number of carbonyl (C=O) groups excluding carboxylic acids is 3. The number of hydrogen-bond acceptors (Lipinski definition) is 6. The Morgan fingerprint density at radius 3 is 0.844 bits per heavy atom. The molecule has 0 saturated carbocycles. The number of hydrogen-bond donors (Lipinski definition) is 0. The van der Waals surface area contributed by atoms with E-state index in [1.807, 2.05) is 0 Å². The molecule has 0 radical (unpaired) electrons. The highest BCUT2D eigenvalue weighted by Gasteiger charge is 2.19. The molecular formula is C71H122O6. The third kappa shape index (κ3) is 63.0. The monoisotopic (exact) mass is 1070 g/mol. The van der Waals surface area contributed by atoms with Crippen LogP contribution in [-0.4, -0.2) is 37.2 Å².